The van der Waals surface area contributed by atoms with E-state index < -0.39 is 4.92 Å². The van der Waals surface area contributed by atoms with Crippen molar-refractivity contribution in [1.82, 2.24) is 10.2 Å². The van der Waals surface area contributed by atoms with Crippen molar-refractivity contribution < 1.29 is 9.72 Å². The third kappa shape index (κ3) is 4.55. The Bertz CT molecular complexity index is 793. The highest BCUT2D eigenvalue weighted by Gasteiger charge is 2.19. The van der Waals surface area contributed by atoms with Gasteiger partial charge in [-0.05, 0) is 44.8 Å². The largest absolute Gasteiger partial charge is 0.350 e. The van der Waals surface area contributed by atoms with Gasteiger partial charge in [0.2, 0.25) is 0 Å². The first kappa shape index (κ1) is 18.9. The molecular weight excluding hydrogens is 342 g/mol. The molecule has 0 aliphatic heterocycles. The topological polar surface area (TPSA) is 75.5 Å². The second-order valence-corrected chi connectivity index (χ2v) is 6.38. The Morgan fingerprint density at radius 1 is 1.28 bits per heavy atom. The van der Waals surface area contributed by atoms with Crippen molar-refractivity contribution in [3.8, 4) is 0 Å². The third-order valence-electron chi connectivity index (χ3n) is 4.00. The summed E-state index contributed by atoms with van der Waals surface area (Å²) in [5.41, 5.74) is 1.76. The van der Waals surface area contributed by atoms with E-state index in [0.717, 1.165) is 5.56 Å². The molecule has 0 spiro atoms. The van der Waals surface area contributed by atoms with Crippen LogP contribution in [0.2, 0.25) is 5.02 Å². The summed E-state index contributed by atoms with van der Waals surface area (Å²) in [5, 5.41) is 14.4. The molecule has 132 valence electrons. The Morgan fingerprint density at radius 3 is 2.52 bits per heavy atom. The first-order valence-corrected chi connectivity index (χ1v) is 8.13. The molecule has 0 radical (unpaired) electrons. The Hall–Kier alpha value is -2.44. The zero-order valence-corrected chi connectivity index (χ0v) is 15.1. The smallest absolute Gasteiger partial charge is 0.272 e. The van der Waals surface area contributed by atoms with Crippen LogP contribution >= 0.6 is 11.6 Å². The highest BCUT2D eigenvalue weighted by Crippen LogP contribution is 2.25. The Kier molecular flexibility index (Phi) is 6.12. The number of nitro groups is 1. The van der Waals surface area contributed by atoms with Crippen LogP contribution in [0.1, 0.15) is 27.5 Å². The van der Waals surface area contributed by atoms with E-state index in [2.05, 4.69) is 5.32 Å². The first-order chi connectivity index (χ1) is 11.8. The van der Waals surface area contributed by atoms with E-state index in [9.17, 15) is 14.9 Å². The number of carbonyl (C=O) groups is 1. The second-order valence-electron chi connectivity index (χ2n) is 5.97. The zero-order valence-electron chi connectivity index (χ0n) is 14.3. The fourth-order valence-electron chi connectivity index (χ4n) is 2.61. The van der Waals surface area contributed by atoms with Gasteiger partial charge in [-0.25, -0.2) is 0 Å². The van der Waals surface area contributed by atoms with Crippen molar-refractivity contribution in [2.75, 3.05) is 20.6 Å². The number of hydrogen-bond acceptors (Lipinski definition) is 4. The van der Waals surface area contributed by atoms with E-state index in [0.29, 0.717) is 22.7 Å². The summed E-state index contributed by atoms with van der Waals surface area (Å²) >= 11 is 6.26. The number of carbonyl (C=O) groups excluding carboxylic acids is 1. The van der Waals surface area contributed by atoms with Gasteiger partial charge in [-0.2, -0.15) is 0 Å². The molecule has 1 N–H and O–H groups in total. The normalized spacial score (nSPS) is 12.0. The quantitative estimate of drug-likeness (QED) is 0.630. The summed E-state index contributed by atoms with van der Waals surface area (Å²) < 4.78 is 0. The van der Waals surface area contributed by atoms with Crippen LogP contribution in [0.3, 0.4) is 0 Å². The molecule has 2 aromatic carbocycles. The fourth-order valence-corrected chi connectivity index (χ4v) is 2.87. The number of nitrogens with zero attached hydrogens (tertiary/aromatic N) is 2. The van der Waals surface area contributed by atoms with Gasteiger partial charge < -0.3 is 10.2 Å². The SMILES string of the molecule is Cc1cc(C(=O)NC[C@@H](c2ccccc2Cl)N(C)C)ccc1[N+](=O)[O-]. The van der Waals surface area contributed by atoms with Gasteiger partial charge in [0.05, 0.1) is 11.0 Å². The molecular formula is C18H20ClN3O3. The van der Waals surface area contributed by atoms with E-state index in [1.165, 1.54) is 18.2 Å². The molecule has 1 atom stereocenters. The van der Waals surface area contributed by atoms with E-state index in [1.807, 2.05) is 43.3 Å². The maximum atomic E-state index is 12.4. The lowest BCUT2D eigenvalue weighted by Gasteiger charge is -2.26. The minimum Gasteiger partial charge on any atom is -0.350 e. The number of likely N-dealkylation sites (N-methyl/N-ethyl adjacent to an activating group) is 1. The van der Waals surface area contributed by atoms with Crippen LogP contribution in [0.15, 0.2) is 42.5 Å². The van der Waals surface area contributed by atoms with E-state index in [1.54, 1.807) is 6.92 Å². The first-order valence-electron chi connectivity index (χ1n) is 7.75. The van der Waals surface area contributed by atoms with Gasteiger partial charge in [0.15, 0.2) is 0 Å². The van der Waals surface area contributed by atoms with E-state index >= 15 is 0 Å². The Balaban J connectivity index is 2.13. The Morgan fingerprint density at radius 2 is 1.96 bits per heavy atom. The molecule has 6 nitrogen and oxygen atoms in total. The molecule has 7 heteroatoms. The minimum absolute atomic E-state index is 0.00112. The van der Waals surface area contributed by atoms with Crippen molar-refractivity contribution in [3.05, 3.63) is 74.3 Å². The van der Waals surface area contributed by atoms with Crippen molar-refractivity contribution in [3.63, 3.8) is 0 Å². The van der Waals surface area contributed by atoms with Crippen LogP contribution in [-0.4, -0.2) is 36.4 Å². The lowest BCUT2D eigenvalue weighted by atomic mass is 10.1. The summed E-state index contributed by atoms with van der Waals surface area (Å²) in [7, 11) is 3.83. The monoisotopic (exact) mass is 361 g/mol. The van der Waals surface area contributed by atoms with Crippen LogP contribution in [0.4, 0.5) is 5.69 Å². The average molecular weight is 362 g/mol. The average Bonchev–Trinajstić information content (AvgIpc) is 2.55. The Labute approximate surface area is 151 Å². The fraction of sp³-hybridized carbons (Fsp3) is 0.278. The van der Waals surface area contributed by atoms with Crippen LogP contribution in [0, 0.1) is 17.0 Å². The standard InChI is InChI=1S/C18H20ClN3O3/c1-12-10-13(8-9-16(12)22(24)25)18(23)20-11-17(21(2)3)14-6-4-5-7-15(14)19/h4-10,17H,11H2,1-3H3,(H,20,23)/t17-/m0/s1. The number of halogens is 1. The van der Waals surface area contributed by atoms with Crippen molar-refractivity contribution in [1.29, 1.82) is 0 Å². The lowest BCUT2D eigenvalue weighted by molar-refractivity contribution is -0.385. The number of nitro benzene ring substituents is 1. The maximum Gasteiger partial charge on any atom is 0.272 e. The molecule has 0 bridgehead atoms. The highest BCUT2D eigenvalue weighted by molar-refractivity contribution is 6.31. The molecule has 0 aliphatic carbocycles. The zero-order chi connectivity index (χ0) is 18.6. The molecule has 0 unspecified atom stereocenters. The summed E-state index contributed by atoms with van der Waals surface area (Å²) in [5.74, 6) is -0.281. The molecule has 0 saturated heterocycles. The van der Waals surface area contributed by atoms with Crippen LogP contribution in [0.5, 0.6) is 0 Å². The summed E-state index contributed by atoms with van der Waals surface area (Å²) in [6, 6.07) is 11.7. The van der Waals surface area contributed by atoms with Gasteiger partial charge in [0.1, 0.15) is 0 Å². The van der Waals surface area contributed by atoms with Gasteiger partial charge >= 0.3 is 0 Å². The number of aryl methyl sites for hydroxylation is 1. The minimum atomic E-state index is -0.462. The summed E-state index contributed by atoms with van der Waals surface area (Å²) in [6.45, 7) is 1.98. The van der Waals surface area contributed by atoms with Gasteiger partial charge in [0, 0.05) is 28.8 Å². The summed E-state index contributed by atoms with van der Waals surface area (Å²) in [6.07, 6.45) is 0. The van der Waals surface area contributed by atoms with Gasteiger partial charge in [-0.1, -0.05) is 29.8 Å². The molecule has 0 fully saturated rings. The molecule has 1 amide bonds. The predicted octanol–water partition coefficient (Wildman–Crippen LogP) is 3.59. The molecule has 0 saturated carbocycles. The van der Waals surface area contributed by atoms with Crippen molar-refractivity contribution in [2.45, 2.75) is 13.0 Å². The van der Waals surface area contributed by atoms with Crippen molar-refractivity contribution >= 4 is 23.2 Å². The predicted molar refractivity (Wildman–Crippen MR) is 98.0 cm³/mol. The molecule has 2 aromatic rings. The van der Waals surface area contributed by atoms with Crippen LogP contribution in [-0.2, 0) is 0 Å². The highest BCUT2D eigenvalue weighted by atomic mass is 35.5. The molecule has 2 rings (SSSR count). The van der Waals surface area contributed by atoms with E-state index in [4.69, 9.17) is 11.6 Å². The molecule has 25 heavy (non-hydrogen) atoms. The number of hydrogen-bond donors (Lipinski definition) is 1. The number of rotatable bonds is 6. The number of benzene rings is 2. The molecule has 0 heterocycles. The summed E-state index contributed by atoms with van der Waals surface area (Å²) in [4.78, 5) is 24.8. The lowest BCUT2D eigenvalue weighted by Crippen LogP contribution is -2.34. The van der Waals surface area contributed by atoms with E-state index in [-0.39, 0.29) is 17.6 Å². The second kappa shape index (κ2) is 8.09. The number of amides is 1. The van der Waals surface area contributed by atoms with Gasteiger partial charge in [0.25, 0.3) is 11.6 Å². The molecule has 0 aliphatic rings. The van der Waals surface area contributed by atoms with Gasteiger partial charge in [-0.15, -0.1) is 0 Å². The van der Waals surface area contributed by atoms with Gasteiger partial charge in [-0.3, -0.25) is 14.9 Å². The van der Waals surface area contributed by atoms with Crippen LogP contribution < -0.4 is 5.32 Å². The number of nitrogens with one attached hydrogen (secondary N) is 1. The molecule has 0 aromatic heterocycles. The maximum absolute atomic E-state index is 12.4. The van der Waals surface area contributed by atoms with Crippen LogP contribution in [0.25, 0.3) is 0 Å². The van der Waals surface area contributed by atoms with Crippen molar-refractivity contribution in [2.24, 2.45) is 0 Å². The third-order valence-corrected chi connectivity index (χ3v) is 4.34.